The lowest BCUT2D eigenvalue weighted by atomic mass is 9.73. The average Bonchev–Trinajstić information content (AvgIpc) is 2.27. The van der Waals surface area contributed by atoms with Gasteiger partial charge in [-0.25, -0.2) is 14.4 Å². The number of nitrogens with zero attached hydrogens (tertiary/aromatic N) is 2. The Bertz CT molecular complexity index is 404. The van der Waals surface area contributed by atoms with E-state index in [-0.39, 0.29) is 11.2 Å². The van der Waals surface area contributed by atoms with Crippen LogP contribution in [-0.4, -0.2) is 16.0 Å². The molecule has 0 bridgehead atoms. The molecule has 0 saturated heterocycles. The van der Waals surface area contributed by atoms with Gasteiger partial charge in [0.1, 0.15) is 6.33 Å². The molecular weight excluding hydrogens is 217 g/mol. The molecule has 0 spiro atoms. The summed E-state index contributed by atoms with van der Waals surface area (Å²) in [5.41, 5.74) is 0.597. The van der Waals surface area contributed by atoms with Crippen LogP contribution in [0.5, 0.6) is 0 Å². The highest BCUT2D eigenvalue weighted by Gasteiger charge is 2.32. The second-order valence-electron chi connectivity index (χ2n) is 5.55. The first kappa shape index (κ1) is 12.3. The average molecular weight is 237 g/mol. The third-order valence-corrected chi connectivity index (χ3v) is 3.78. The molecule has 4 heteroatoms. The first-order valence-corrected chi connectivity index (χ1v) is 6.24. The zero-order chi connectivity index (χ0) is 12.5. The molecule has 1 aliphatic rings. The maximum Gasteiger partial charge on any atom is 0.186 e. The molecule has 1 aliphatic carbocycles. The van der Waals surface area contributed by atoms with Crippen LogP contribution in [-0.2, 0) is 0 Å². The molecule has 1 aromatic heterocycles. The molecule has 3 nitrogen and oxygen atoms in total. The molecule has 1 atom stereocenters. The smallest absolute Gasteiger partial charge is 0.186 e. The Hall–Kier alpha value is -1.19. The van der Waals surface area contributed by atoms with Gasteiger partial charge in [-0.3, -0.25) is 0 Å². The van der Waals surface area contributed by atoms with Gasteiger partial charge in [0, 0.05) is 6.04 Å². The number of aryl methyl sites for hydroxylation is 1. The number of hydrogen-bond acceptors (Lipinski definition) is 3. The van der Waals surface area contributed by atoms with Crippen molar-refractivity contribution in [1.29, 1.82) is 0 Å². The van der Waals surface area contributed by atoms with E-state index < -0.39 is 0 Å². The summed E-state index contributed by atoms with van der Waals surface area (Å²) in [4.78, 5) is 7.84. The number of halogens is 1. The van der Waals surface area contributed by atoms with E-state index in [1.54, 1.807) is 6.92 Å². The van der Waals surface area contributed by atoms with Gasteiger partial charge in [-0.05, 0) is 25.2 Å². The van der Waals surface area contributed by atoms with Crippen molar-refractivity contribution in [2.24, 2.45) is 5.41 Å². The van der Waals surface area contributed by atoms with Crippen LogP contribution in [0.3, 0.4) is 0 Å². The lowest BCUT2D eigenvalue weighted by molar-refractivity contribution is 0.216. The van der Waals surface area contributed by atoms with Gasteiger partial charge in [0.05, 0.1) is 5.69 Å². The maximum absolute atomic E-state index is 13.8. The fourth-order valence-electron chi connectivity index (χ4n) is 2.49. The summed E-state index contributed by atoms with van der Waals surface area (Å²) in [6.07, 6.45) is 6.13. The first-order valence-electron chi connectivity index (χ1n) is 6.24. The fraction of sp³-hybridized carbons (Fsp3) is 0.692. The van der Waals surface area contributed by atoms with Crippen LogP contribution in [0.2, 0.25) is 0 Å². The molecule has 0 radical (unpaired) electrons. The number of aromatic nitrogens is 2. The third kappa shape index (κ3) is 2.56. The van der Waals surface area contributed by atoms with Crippen LogP contribution in [0.25, 0.3) is 0 Å². The lowest BCUT2D eigenvalue weighted by Gasteiger charge is -2.39. The minimum atomic E-state index is -0.325. The molecule has 2 rings (SSSR count). The first-order chi connectivity index (χ1) is 8.00. The van der Waals surface area contributed by atoms with E-state index in [9.17, 15) is 4.39 Å². The Morgan fingerprint density at radius 3 is 2.82 bits per heavy atom. The normalized spacial score (nSPS) is 23.4. The summed E-state index contributed by atoms with van der Waals surface area (Å²) in [7, 11) is 0. The molecule has 1 unspecified atom stereocenters. The molecule has 0 aliphatic heterocycles. The van der Waals surface area contributed by atoms with Crippen molar-refractivity contribution in [3.63, 3.8) is 0 Å². The van der Waals surface area contributed by atoms with Gasteiger partial charge in [-0.1, -0.05) is 26.7 Å². The van der Waals surface area contributed by atoms with Gasteiger partial charge in [0.15, 0.2) is 11.6 Å². The molecule has 17 heavy (non-hydrogen) atoms. The molecule has 1 N–H and O–H groups in total. The maximum atomic E-state index is 13.8. The van der Waals surface area contributed by atoms with Crippen molar-refractivity contribution in [3.8, 4) is 0 Å². The van der Waals surface area contributed by atoms with Gasteiger partial charge in [0.2, 0.25) is 0 Å². The zero-order valence-corrected chi connectivity index (χ0v) is 10.8. The van der Waals surface area contributed by atoms with Crippen LogP contribution in [0.1, 0.15) is 45.2 Å². The van der Waals surface area contributed by atoms with Crippen LogP contribution in [0.15, 0.2) is 6.33 Å². The molecule has 1 aromatic rings. The number of anilines is 1. The van der Waals surface area contributed by atoms with Crippen LogP contribution in [0.4, 0.5) is 10.2 Å². The van der Waals surface area contributed by atoms with E-state index in [2.05, 4.69) is 29.1 Å². The SMILES string of the molecule is Cc1ncnc(NC2CCCCC2(C)C)c1F. The predicted octanol–water partition coefficient (Wildman–Crippen LogP) is 3.30. The molecular formula is C13H20FN3. The Balaban J connectivity index is 2.17. The quantitative estimate of drug-likeness (QED) is 0.857. The fourth-order valence-corrected chi connectivity index (χ4v) is 2.49. The van der Waals surface area contributed by atoms with Crippen molar-refractivity contribution in [2.45, 2.75) is 52.5 Å². The van der Waals surface area contributed by atoms with Crippen molar-refractivity contribution in [1.82, 2.24) is 9.97 Å². The van der Waals surface area contributed by atoms with Crippen LogP contribution in [0, 0.1) is 18.2 Å². The largest absolute Gasteiger partial charge is 0.364 e. The minimum absolute atomic E-state index is 0.198. The summed E-state index contributed by atoms with van der Waals surface area (Å²) in [6.45, 7) is 6.12. The summed E-state index contributed by atoms with van der Waals surface area (Å²) in [5.74, 6) is 0.0198. The van der Waals surface area contributed by atoms with Crippen LogP contribution >= 0.6 is 0 Å². The van der Waals surface area contributed by atoms with Gasteiger partial charge in [-0.2, -0.15) is 0 Å². The van der Waals surface area contributed by atoms with Crippen molar-refractivity contribution in [2.75, 3.05) is 5.32 Å². The van der Waals surface area contributed by atoms with E-state index >= 15 is 0 Å². The zero-order valence-electron chi connectivity index (χ0n) is 10.8. The molecule has 0 amide bonds. The Morgan fingerprint density at radius 2 is 2.12 bits per heavy atom. The van der Waals surface area contributed by atoms with Gasteiger partial charge in [-0.15, -0.1) is 0 Å². The van der Waals surface area contributed by atoms with Crippen LogP contribution < -0.4 is 5.32 Å². The molecule has 1 heterocycles. The summed E-state index contributed by atoms with van der Waals surface area (Å²) >= 11 is 0. The van der Waals surface area contributed by atoms with Crippen molar-refractivity contribution < 1.29 is 4.39 Å². The van der Waals surface area contributed by atoms with E-state index in [1.807, 2.05) is 0 Å². The Kier molecular flexibility index (Phi) is 3.31. The van der Waals surface area contributed by atoms with E-state index in [4.69, 9.17) is 0 Å². The number of nitrogens with one attached hydrogen (secondary N) is 1. The molecule has 0 aromatic carbocycles. The second kappa shape index (κ2) is 4.59. The second-order valence-corrected chi connectivity index (χ2v) is 5.55. The van der Waals surface area contributed by atoms with Crippen molar-refractivity contribution >= 4 is 5.82 Å². The van der Waals surface area contributed by atoms with Gasteiger partial charge < -0.3 is 5.32 Å². The summed E-state index contributed by atoms with van der Waals surface area (Å²) < 4.78 is 13.8. The Labute approximate surface area is 102 Å². The monoisotopic (exact) mass is 237 g/mol. The lowest BCUT2D eigenvalue weighted by Crippen LogP contribution is -2.39. The molecule has 1 fully saturated rings. The minimum Gasteiger partial charge on any atom is -0.364 e. The highest BCUT2D eigenvalue weighted by atomic mass is 19.1. The van der Waals surface area contributed by atoms with E-state index in [1.165, 1.54) is 25.6 Å². The van der Waals surface area contributed by atoms with Crippen molar-refractivity contribution in [3.05, 3.63) is 17.8 Å². The highest BCUT2D eigenvalue weighted by Crippen LogP contribution is 2.37. The van der Waals surface area contributed by atoms with Gasteiger partial charge >= 0.3 is 0 Å². The van der Waals surface area contributed by atoms with Gasteiger partial charge in [0.25, 0.3) is 0 Å². The Morgan fingerprint density at radius 1 is 1.35 bits per heavy atom. The summed E-state index contributed by atoms with van der Waals surface area (Å²) in [6, 6.07) is 0.292. The number of hydrogen-bond donors (Lipinski definition) is 1. The standard InChI is InChI=1S/C13H20FN3/c1-9-11(14)12(16-8-15-9)17-10-6-4-5-7-13(10,2)3/h8,10H,4-7H2,1-3H3,(H,15,16,17). The highest BCUT2D eigenvalue weighted by molar-refractivity contribution is 5.38. The van der Waals surface area contributed by atoms with E-state index in [0.717, 1.165) is 6.42 Å². The molecule has 1 saturated carbocycles. The third-order valence-electron chi connectivity index (χ3n) is 3.78. The van der Waals surface area contributed by atoms with E-state index in [0.29, 0.717) is 17.6 Å². The molecule has 94 valence electrons. The number of rotatable bonds is 2. The summed E-state index contributed by atoms with van der Waals surface area (Å²) in [5, 5.41) is 3.25. The predicted molar refractivity (Wildman–Crippen MR) is 66.4 cm³/mol. The topological polar surface area (TPSA) is 37.8 Å².